The number of methoxy groups -OCH3 is 1. The molecular weight excluding hydrogens is 360 g/mol. The number of fused-ring (bicyclic) bond motifs is 1. The number of likely N-dealkylation sites (N-methyl/N-ethyl adjacent to an activating group) is 1. The van der Waals surface area contributed by atoms with Crippen LogP contribution in [0.25, 0.3) is 11.1 Å². The van der Waals surface area contributed by atoms with E-state index >= 15 is 0 Å². The Labute approximate surface area is 172 Å². The van der Waals surface area contributed by atoms with Gasteiger partial charge in [-0.15, -0.1) is 0 Å². The molecule has 0 amide bonds. The molecule has 29 heavy (non-hydrogen) atoms. The van der Waals surface area contributed by atoms with Crippen LogP contribution in [-0.2, 0) is 13.1 Å². The number of aromatic nitrogens is 1. The molecule has 150 valence electrons. The van der Waals surface area contributed by atoms with Crippen molar-refractivity contribution in [1.29, 1.82) is 0 Å². The molecule has 0 unspecified atom stereocenters. The average Bonchev–Trinajstić information content (AvgIpc) is 2.84. The molecule has 0 bridgehead atoms. The summed E-state index contributed by atoms with van der Waals surface area (Å²) < 4.78 is 5.39. The van der Waals surface area contributed by atoms with Gasteiger partial charge in [0.2, 0.25) is 0 Å². The summed E-state index contributed by atoms with van der Waals surface area (Å²) in [5, 5.41) is 0. The molecule has 0 saturated heterocycles. The summed E-state index contributed by atoms with van der Waals surface area (Å²) >= 11 is 0. The van der Waals surface area contributed by atoms with Gasteiger partial charge in [0.1, 0.15) is 11.6 Å². The zero-order valence-corrected chi connectivity index (χ0v) is 17.3. The van der Waals surface area contributed by atoms with E-state index in [1.165, 1.54) is 22.4 Å². The number of hydrogen-bond donors (Lipinski definition) is 1. The van der Waals surface area contributed by atoms with Crippen molar-refractivity contribution in [1.82, 2.24) is 9.88 Å². The molecule has 3 aromatic rings. The number of nitrogens with zero attached hydrogens (tertiary/aromatic N) is 3. The van der Waals surface area contributed by atoms with Crippen LogP contribution in [0, 0.1) is 0 Å². The molecule has 1 atom stereocenters. The number of rotatable bonds is 4. The Hall–Kier alpha value is -3.05. The predicted molar refractivity (Wildman–Crippen MR) is 119 cm³/mol. The number of anilines is 2. The highest BCUT2D eigenvalue weighted by Crippen LogP contribution is 2.32. The van der Waals surface area contributed by atoms with E-state index in [0.717, 1.165) is 30.9 Å². The predicted octanol–water partition coefficient (Wildman–Crippen LogP) is 4.18. The maximum atomic E-state index is 5.88. The van der Waals surface area contributed by atoms with Gasteiger partial charge in [-0.3, -0.25) is 4.90 Å². The van der Waals surface area contributed by atoms with Crippen LogP contribution in [0.4, 0.5) is 11.5 Å². The summed E-state index contributed by atoms with van der Waals surface area (Å²) in [4.78, 5) is 9.00. The van der Waals surface area contributed by atoms with Crippen molar-refractivity contribution in [2.45, 2.75) is 26.1 Å². The van der Waals surface area contributed by atoms with Crippen LogP contribution in [0.1, 0.15) is 18.1 Å². The third-order valence-electron chi connectivity index (χ3n) is 5.67. The van der Waals surface area contributed by atoms with Gasteiger partial charge in [-0.05, 0) is 59.5 Å². The van der Waals surface area contributed by atoms with E-state index in [4.69, 9.17) is 10.5 Å². The van der Waals surface area contributed by atoms with Crippen molar-refractivity contribution in [3.05, 3.63) is 71.9 Å². The number of hydrogen-bond acceptors (Lipinski definition) is 5. The molecule has 5 heteroatoms. The Morgan fingerprint density at radius 3 is 2.72 bits per heavy atom. The summed E-state index contributed by atoms with van der Waals surface area (Å²) in [7, 11) is 3.89. The largest absolute Gasteiger partial charge is 0.497 e. The Balaban J connectivity index is 1.62. The number of nitrogen functional groups attached to an aromatic ring is 1. The molecular formula is C24H28N4O. The van der Waals surface area contributed by atoms with Gasteiger partial charge in [0.05, 0.1) is 7.11 Å². The number of nitrogens with two attached hydrogens (primary N) is 1. The minimum atomic E-state index is 0.429. The highest BCUT2D eigenvalue weighted by molar-refractivity contribution is 5.72. The van der Waals surface area contributed by atoms with Gasteiger partial charge in [0.15, 0.2) is 0 Å². The van der Waals surface area contributed by atoms with E-state index in [-0.39, 0.29) is 0 Å². The lowest BCUT2D eigenvalue weighted by Gasteiger charge is -2.28. The van der Waals surface area contributed by atoms with Crippen LogP contribution >= 0.6 is 0 Å². The van der Waals surface area contributed by atoms with Gasteiger partial charge in [-0.2, -0.15) is 0 Å². The molecule has 2 heterocycles. The average molecular weight is 389 g/mol. The second-order valence-corrected chi connectivity index (χ2v) is 7.80. The molecule has 0 spiro atoms. The monoisotopic (exact) mass is 388 g/mol. The first-order valence-corrected chi connectivity index (χ1v) is 9.96. The molecule has 2 aromatic carbocycles. The summed E-state index contributed by atoms with van der Waals surface area (Å²) in [6.07, 6.45) is 1.76. The quantitative estimate of drug-likeness (QED) is 0.727. The van der Waals surface area contributed by atoms with Crippen molar-refractivity contribution in [2.75, 3.05) is 31.3 Å². The molecule has 0 radical (unpaired) electrons. The highest BCUT2D eigenvalue weighted by atomic mass is 16.5. The first-order valence-electron chi connectivity index (χ1n) is 9.96. The summed E-state index contributed by atoms with van der Waals surface area (Å²) in [5.74, 6) is 1.45. The molecule has 0 aliphatic carbocycles. The first kappa shape index (κ1) is 19.3. The molecule has 0 saturated carbocycles. The third-order valence-corrected chi connectivity index (χ3v) is 5.67. The molecule has 4 rings (SSSR count). The standard InChI is InChI=1S/C24H28N4O/c1-17-14-27(2)23-12-19(20-9-10-26-24(25)13-20)7-8-21(23)16-28(17)15-18-5-4-6-22(11-18)29-3/h4-13,17H,14-16H2,1-3H3,(H2,25,26)/t17-/m0/s1. The minimum Gasteiger partial charge on any atom is -0.497 e. The van der Waals surface area contributed by atoms with Crippen LogP contribution in [-0.4, -0.2) is 36.6 Å². The molecule has 1 aliphatic heterocycles. The summed E-state index contributed by atoms with van der Waals surface area (Å²) in [5.41, 5.74) is 12.0. The number of pyridine rings is 1. The zero-order chi connectivity index (χ0) is 20.4. The third kappa shape index (κ3) is 4.20. The van der Waals surface area contributed by atoms with E-state index in [9.17, 15) is 0 Å². The highest BCUT2D eigenvalue weighted by Gasteiger charge is 2.24. The van der Waals surface area contributed by atoms with Crippen LogP contribution in [0.2, 0.25) is 0 Å². The molecule has 1 aromatic heterocycles. The van der Waals surface area contributed by atoms with E-state index in [0.29, 0.717) is 11.9 Å². The van der Waals surface area contributed by atoms with E-state index in [2.05, 4.69) is 65.2 Å². The van der Waals surface area contributed by atoms with E-state index in [1.807, 2.05) is 18.2 Å². The second kappa shape index (κ2) is 8.13. The first-order chi connectivity index (χ1) is 14.0. The molecule has 2 N–H and O–H groups in total. The fourth-order valence-electron chi connectivity index (χ4n) is 4.06. The van der Waals surface area contributed by atoms with Crippen LogP contribution in [0.5, 0.6) is 5.75 Å². The van der Waals surface area contributed by atoms with Crippen LogP contribution in [0.15, 0.2) is 60.8 Å². The maximum Gasteiger partial charge on any atom is 0.123 e. The van der Waals surface area contributed by atoms with Gasteiger partial charge in [-0.25, -0.2) is 4.98 Å². The molecule has 0 fully saturated rings. The van der Waals surface area contributed by atoms with Gasteiger partial charge >= 0.3 is 0 Å². The maximum absolute atomic E-state index is 5.88. The Morgan fingerprint density at radius 1 is 1.10 bits per heavy atom. The van der Waals surface area contributed by atoms with Crippen LogP contribution in [0.3, 0.4) is 0 Å². The van der Waals surface area contributed by atoms with Gasteiger partial charge < -0.3 is 15.4 Å². The summed E-state index contributed by atoms with van der Waals surface area (Å²) in [6.45, 7) is 5.08. The lowest BCUT2D eigenvalue weighted by molar-refractivity contribution is 0.199. The number of ether oxygens (including phenoxy) is 1. The fraction of sp³-hybridized carbons (Fsp3) is 0.292. The topological polar surface area (TPSA) is 54.6 Å². The minimum absolute atomic E-state index is 0.429. The van der Waals surface area contributed by atoms with Gasteiger partial charge in [-0.1, -0.05) is 24.3 Å². The van der Waals surface area contributed by atoms with Gasteiger partial charge in [0, 0.05) is 44.6 Å². The smallest absolute Gasteiger partial charge is 0.123 e. The van der Waals surface area contributed by atoms with E-state index in [1.54, 1.807) is 13.3 Å². The fourth-order valence-corrected chi connectivity index (χ4v) is 4.06. The van der Waals surface area contributed by atoms with Crippen molar-refractivity contribution in [2.24, 2.45) is 0 Å². The Bertz CT molecular complexity index is 1000. The van der Waals surface area contributed by atoms with Gasteiger partial charge in [0.25, 0.3) is 0 Å². The lowest BCUT2D eigenvalue weighted by atomic mass is 10.0. The summed E-state index contributed by atoms with van der Waals surface area (Å²) in [6, 6.07) is 19.4. The van der Waals surface area contributed by atoms with Crippen molar-refractivity contribution >= 4 is 11.5 Å². The SMILES string of the molecule is COc1cccc(CN2Cc3ccc(-c4ccnc(N)c4)cc3N(C)C[C@@H]2C)c1. The Morgan fingerprint density at radius 2 is 1.93 bits per heavy atom. The second-order valence-electron chi connectivity index (χ2n) is 7.80. The number of benzene rings is 2. The normalized spacial score (nSPS) is 16.9. The zero-order valence-electron chi connectivity index (χ0n) is 17.3. The lowest BCUT2D eigenvalue weighted by Crippen LogP contribution is -2.37. The molecule has 1 aliphatic rings. The molecule has 5 nitrogen and oxygen atoms in total. The van der Waals surface area contributed by atoms with Crippen LogP contribution < -0.4 is 15.4 Å². The Kier molecular flexibility index (Phi) is 5.41. The van der Waals surface area contributed by atoms with Crippen molar-refractivity contribution in [3.8, 4) is 16.9 Å². The van der Waals surface area contributed by atoms with E-state index < -0.39 is 0 Å². The van der Waals surface area contributed by atoms with Crippen molar-refractivity contribution < 1.29 is 4.74 Å². The van der Waals surface area contributed by atoms with Crippen molar-refractivity contribution in [3.63, 3.8) is 0 Å².